The van der Waals surface area contributed by atoms with Gasteiger partial charge in [-0.3, -0.25) is 14.4 Å². The van der Waals surface area contributed by atoms with E-state index in [0.717, 1.165) is 64.2 Å². The SMILES string of the molecule is CCCCCCCCCC/C=C\CCCCCCCCCCCCCCCCCCCC(=O)OCC(COC(=O)CCCCCCC)OC(=O)CCCCCCCCCCCCC/C=C\CCCCCCCCCC. The molecule has 0 aromatic heterocycles. The molecule has 1 unspecified atom stereocenters. The second-order valence-corrected chi connectivity index (χ2v) is 23.1. The van der Waals surface area contributed by atoms with Crippen molar-refractivity contribution in [2.75, 3.05) is 13.2 Å². The quantitative estimate of drug-likeness (QED) is 0.0261. The van der Waals surface area contributed by atoms with Crippen LogP contribution >= 0.6 is 0 Å². The predicted molar refractivity (Wildman–Crippen MR) is 326 cm³/mol. The van der Waals surface area contributed by atoms with Crippen molar-refractivity contribution in [3.63, 3.8) is 0 Å². The summed E-state index contributed by atoms with van der Waals surface area (Å²) < 4.78 is 16.8. The molecule has 0 saturated heterocycles. The average molecular weight is 1060 g/mol. The van der Waals surface area contributed by atoms with Gasteiger partial charge in [0.05, 0.1) is 0 Å². The minimum Gasteiger partial charge on any atom is -0.462 e. The van der Waals surface area contributed by atoms with Crippen molar-refractivity contribution in [3.8, 4) is 0 Å². The number of esters is 3. The van der Waals surface area contributed by atoms with E-state index in [2.05, 4.69) is 45.1 Å². The largest absolute Gasteiger partial charge is 0.462 e. The van der Waals surface area contributed by atoms with E-state index in [-0.39, 0.29) is 31.1 Å². The van der Waals surface area contributed by atoms with E-state index in [1.54, 1.807) is 0 Å². The van der Waals surface area contributed by atoms with Gasteiger partial charge in [-0.25, -0.2) is 0 Å². The Morgan fingerprint density at radius 3 is 0.667 bits per heavy atom. The van der Waals surface area contributed by atoms with Crippen molar-refractivity contribution >= 4 is 17.9 Å². The van der Waals surface area contributed by atoms with Crippen molar-refractivity contribution < 1.29 is 28.6 Å². The minimum atomic E-state index is -0.766. The van der Waals surface area contributed by atoms with Crippen molar-refractivity contribution in [2.24, 2.45) is 0 Å². The Labute approximate surface area is 468 Å². The number of rotatable bonds is 63. The Bertz CT molecular complexity index is 1210. The third kappa shape index (κ3) is 62.6. The summed E-state index contributed by atoms with van der Waals surface area (Å²) in [6, 6.07) is 0. The van der Waals surface area contributed by atoms with Crippen LogP contribution in [0, 0.1) is 0 Å². The number of allylic oxidation sites excluding steroid dienone is 4. The maximum absolute atomic E-state index is 12.8. The number of ether oxygens (including phenoxy) is 3. The Kier molecular flexibility index (Phi) is 62.6. The highest BCUT2D eigenvalue weighted by Crippen LogP contribution is 2.18. The molecule has 0 saturated carbocycles. The van der Waals surface area contributed by atoms with Crippen molar-refractivity contribution in [1.82, 2.24) is 0 Å². The Balaban J connectivity index is 3.94. The van der Waals surface area contributed by atoms with Crippen LogP contribution in [0.25, 0.3) is 0 Å². The molecular weight excluding hydrogens is 925 g/mol. The second-order valence-electron chi connectivity index (χ2n) is 23.1. The number of hydrogen-bond donors (Lipinski definition) is 0. The standard InChI is InChI=1S/C69H130O6/c1-4-7-10-13-15-17-19-21-23-25-27-29-31-32-33-34-35-36-38-39-41-43-45-47-49-51-53-56-59-62-68(71)74-65-66(64-73-67(70)61-58-55-12-9-6-3)75-69(72)63-60-57-54-52-50-48-46-44-42-40-37-30-28-26-24-22-20-18-16-14-11-8-5-2/h25-28,66H,4-24,29-65H2,1-3H3/b27-25-,28-26-. The van der Waals surface area contributed by atoms with Crippen molar-refractivity contribution in [3.05, 3.63) is 24.3 Å². The van der Waals surface area contributed by atoms with E-state index in [1.165, 1.54) is 276 Å². The molecule has 0 rings (SSSR count). The van der Waals surface area contributed by atoms with E-state index in [0.29, 0.717) is 19.3 Å². The molecule has 0 heterocycles. The molecule has 0 spiro atoms. The summed E-state index contributed by atoms with van der Waals surface area (Å²) in [5, 5.41) is 0. The highest BCUT2D eigenvalue weighted by Gasteiger charge is 2.19. The zero-order chi connectivity index (χ0) is 54.3. The molecule has 0 aromatic carbocycles. The van der Waals surface area contributed by atoms with Gasteiger partial charge in [0.2, 0.25) is 0 Å². The molecule has 0 fully saturated rings. The summed E-state index contributed by atoms with van der Waals surface area (Å²) in [6.07, 6.45) is 78.3. The maximum atomic E-state index is 12.8. The van der Waals surface area contributed by atoms with Crippen LogP contribution in [0.2, 0.25) is 0 Å². The van der Waals surface area contributed by atoms with Gasteiger partial charge in [-0.05, 0) is 70.6 Å². The lowest BCUT2D eigenvalue weighted by Gasteiger charge is -2.18. The average Bonchev–Trinajstić information content (AvgIpc) is 3.41. The molecular formula is C69H130O6. The number of hydrogen-bond acceptors (Lipinski definition) is 6. The fourth-order valence-corrected chi connectivity index (χ4v) is 10.3. The molecule has 0 aliphatic rings. The molecule has 0 aliphatic heterocycles. The molecule has 0 aliphatic carbocycles. The monoisotopic (exact) mass is 1050 g/mol. The first-order valence-electron chi connectivity index (χ1n) is 33.8. The molecule has 1 atom stereocenters. The van der Waals surface area contributed by atoms with Gasteiger partial charge in [-0.1, -0.05) is 315 Å². The van der Waals surface area contributed by atoms with E-state index in [1.807, 2.05) is 0 Å². The third-order valence-electron chi connectivity index (χ3n) is 15.4. The third-order valence-corrected chi connectivity index (χ3v) is 15.4. The zero-order valence-corrected chi connectivity index (χ0v) is 50.8. The zero-order valence-electron chi connectivity index (χ0n) is 50.8. The summed E-state index contributed by atoms with van der Waals surface area (Å²) in [5.41, 5.74) is 0. The van der Waals surface area contributed by atoms with Crippen LogP contribution in [-0.2, 0) is 28.6 Å². The Hall–Kier alpha value is -2.11. The van der Waals surface area contributed by atoms with Gasteiger partial charge in [0.25, 0.3) is 0 Å². The fourth-order valence-electron chi connectivity index (χ4n) is 10.3. The maximum Gasteiger partial charge on any atom is 0.306 e. The van der Waals surface area contributed by atoms with Gasteiger partial charge < -0.3 is 14.2 Å². The van der Waals surface area contributed by atoms with Gasteiger partial charge in [0.1, 0.15) is 13.2 Å². The molecule has 442 valence electrons. The van der Waals surface area contributed by atoms with Crippen LogP contribution in [0.1, 0.15) is 380 Å². The number of carbonyl (C=O) groups excluding carboxylic acids is 3. The van der Waals surface area contributed by atoms with Gasteiger partial charge in [-0.2, -0.15) is 0 Å². The fraction of sp³-hybridized carbons (Fsp3) is 0.899. The van der Waals surface area contributed by atoms with Gasteiger partial charge in [0, 0.05) is 19.3 Å². The first-order valence-corrected chi connectivity index (χ1v) is 33.8. The Morgan fingerprint density at radius 1 is 0.253 bits per heavy atom. The summed E-state index contributed by atoms with van der Waals surface area (Å²) >= 11 is 0. The summed E-state index contributed by atoms with van der Waals surface area (Å²) in [6.45, 7) is 6.62. The molecule has 0 radical (unpaired) electrons. The van der Waals surface area contributed by atoms with Crippen LogP contribution in [0.15, 0.2) is 24.3 Å². The molecule has 6 nitrogen and oxygen atoms in total. The van der Waals surface area contributed by atoms with Crippen LogP contribution in [0.3, 0.4) is 0 Å². The molecule has 0 amide bonds. The molecule has 0 N–H and O–H groups in total. The summed E-state index contributed by atoms with van der Waals surface area (Å²) in [5.74, 6) is -0.857. The molecule has 75 heavy (non-hydrogen) atoms. The lowest BCUT2D eigenvalue weighted by atomic mass is 10.0. The number of unbranched alkanes of at least 4 members (excludes halogenated alkanes) is 48. The van der Waals surface area contributed by atoms with E-state index >= 15 is 0 Å². The molecule has 0 aromatic rings. The summed E-state index contributed by atoms with van der Waals surface area (Å²) in [7, 11) is 0. The predicted octanol–water partition coefficient (Wildman–Crippen LogP) is 23.0. The normalized spacial score (nSPS) is 12.1. The van der Waals surface area contributed by atoms with Gasteiger partial charge in [0.15, 0.2) is 6.10 Å². The first-order chi connectivity index (χ1) is 37.0. The smallest absolute Gasteiger partial charge is 0.306 e. The molecule has 6 heteroatoms. The topological polar surface area (TPSA) is 78.9 Å². The van der Waals surface area contributed by atoms with E-state index < -0.39 is 6.10 Å². The number of carbonyl (C=O) groups is 3. The van der Waals surface area contributed by atoms with E-state index in [4.69, 9.17) is 14.2 Å². The highest BCUT2D eigenvalue weighted by molar-refractivity contribution is 5.71. The Morgan fingerprint density at radius 2 is 0.440 bits per heavy atom. The second kappa shape index (κ2) is 64.4. The van der Waals surface area contributed by atoms with Crippen LogP contribution in [0.4, 0.5) is 0 Å². The van der Waals surface area contributed by atoms with Gasteiger partial charge >= 0.3 is 17.9 Å². The van der Waals surface area contributed by atoms with Crippen LogP contribution in [-0.4, -0.2) is 37.2 Å². The lowest BCUT2D eigenvalue weighted by molar-refractivity contribution is -0.167. The van der Waals surface area contributed by atoms with Crippen molar-refractivity contribution in [2.45, 2.75) is 386 Å². The highest BCUT2D eigenvalue weighted by atomic mass is 16.6. The van der Waals surface area contributed by atoms with Crippen LogP contribution < -0.4 is 0 Å². The molecule has 0 bridgehead atoms. The lowest BCUT2D eigenvalue weighted by Crippen LogP contribution is -2.30. The summed E-state index contributed by atoms with van der Waals surface area (Å²) in [4.78, 5) is 38.0. The van der Waals surface area contributed by atoms with Gasteiger partial charge in [-0.15, -0.1) is 0 Å². The van der Waals surface area contributed by atoms with Crippen molar-refractivity contribution in [1.29, 1.82) is 0 Å². The first kappa shape index (κ1) is 72.9. The minimum absolute atomic E-state index is 0.0669. The van der Waals surface area contributed by atoms with E-state index in [9.17, 15) is 14.4 Å². The van der Waals surface area contributed by atoms with Crippen LogP contribution in [0.5, 0.6) is 0 Å².